The number of aryl methyl sites for hydroxylation is 1. The van der Waals surface area contributed by atoms with Crippen LogP contribution in [0.1, 0.15) is 41.3 Å². The van der Waals surface area contributed by atoms with Gasteiger partial charge >= 0.3 is 0 Å². The first-order chi connectivity index (χ1) is 13.7. The average Bonchev–Trinajstić information content (AvgIpc) is 2.77. The van der Waals surface area contributed by atoms with Crippen molar-refractivity contribution in [1.82, 2.24) is 0 Å². The van der Waals surface area contributed by atoms with Gasteiger partial charge in [-0.3, -0.25) is 4.79 Å². The van der Waals surface area contributed by atoms with Gasteiger partial charge in [-0.1, -0.05) is 61.9 Å². The molecule has 0 N–H and O–H groups in total. The number of carbonyl (C=O) groups is 1. The van der Waals surface area contributed by atoms with Gasteiger partial charge in [-0.2, -0.15) is 5.26 Å². The topological polar surface area (TPSA) is 50.1 Å². The van der Waals surface area contributed by atoms with E-state index in [0.29, 0.717) is 16.9 Å². The van der Waals surface area contributed by atoms with Gasteiger partial charge in [0.1, 0.15) is 5.75 Å². The van der Waals surface area contributed by atoms with E-state index in [9.17, 15) is 4.79 Å². The number of benzene rings is 3. The Morgan fingerprint density at radius 1 is 0.893 bits per heavy atom. The zero-order chi connectivity index (χ0) is 19.8. The van der Waals surface area contributed by atoms with E-state index in [2.05, 4.69) is 13.0 Å². The maximum Gasteiger partial charge on any atom is 0.200 e. The summed E-state index contributed by atoms with van der Waals surface area (Å²) in [6.45, 7) is 2.19. The van der Waals surface area contributed by atoms with Crippen LogP contribution < -0.4 is 4.74 Å². The summed E-state index contributed by atoms with van der Waals surface area (Å²) in [5, 5.41) is 8.88. The van der Waals surface area contributed by atoms with E-state index in [0.717, 1.165) is 24.0 Å². The Bertz CT molecular complexity index is 949. The molecule has 0 bridgehead atoms. The number of hydrogen-bond donors (Lipinski definition) is 0. The quantitative estimate of drug-likeness (QED) is 0.469. The highest BCUT2D eigenvalue weighted by Crippen LogP contribution is 2.23. The van der Waals surface area contributed by atoms with Crippen LogP contribution in [0.5, 0.6) is 5.75 Å². The van der Waals surface area contributed by atoms with Crippen LogP contribution in [0, 0.1) is 11.3 Å². The lowest BCUT2D eigenvalue weighted by molar-refractivity contribution is 0.0921. The third-order valence-corrected chi connectivity index (χ3v) is 4.67. The van der Waals surface area contributed by atoms with Gasteiger partial charge in [-0.25, -0.2) is 0 Å². The Labute approximate surface area is 166 Å². The molecule has 3 rings (SSSR count). The number of unbranched alkanes of at least 4 members (excludes halogenated alkanes) is 1. The maximum absolute atomic E-state index is 12.3. The molecule has 0 saturated heterocycles. The summed E-state index contributed by atoms with van der Waals surface area (Å²) in [7, 11) is 0. The first kappa shape index (κ1) is 19.4. The summed E-state index contributed by atoms with van der Waals surface area (Å²) in [6.07, 6.45) is 3.38. The van der Waals surface area contributed by atoms with E-state index < -0.39 is 0 Å². The molecular formula is C25H23NO2. The standard InChI is InChI=1S/C25H23NO2/c1-2-3-4-19-5-11-23(12-6-19)25(27)18-28-24-15-13-22(14-16-24)21-9-7-20(17-26)8-10-21/h5-16H,2-4,18H2,1H3. The summed E-state index contributed by atoms with van der Waals surface area (Å²) in [4.78, 5) is 12.3. The van der Waals surface area contributed by atoms with Crippen molar-refractivity contribution in [1.29, 1.82) is 5.26 Å². The Morgan fingerprint density at radius 2 is 1.50 bits per heavy atom. The van der Waals surface area contributed by atoms with Gasteiger partial charge in [0.15, 0.2) is 12.4 Å². The van der Waals surface area contributed by atoms with E-state index in [1.807, 2.05) is 60.7 Å². The van der Waals surface area contributed by atoms with Crippen LogP contribution in [0.4, 0.5) is 0 Å². The number of Topliss-reactive ketones (excluding diaryl/α,β-unsaturated/α-hetero) is 1. The molecule has 0 atom stereocenters. The van der Waals surface area contributed by atoms with Crippen LogP contribution >= 0.6 is 0 Å². The van der Waals surface area contributed by atoms with Crippen molar-refractivity contribution in [3.63, 3.8) is 0 Å². The van der Waals surface area contributed by atoms with Crippen molar-refractivity contribution in [2.75, 3.05) is 6.61 Å². The van der Waals surface area contributed by atoms with E-state index in [4.69, 9.17) is 10.00 Å². The Balaban J connectivity index is 1.56. The lowest BCUT2D eigenvalue weighted by Gasteiger charge is -2.08. The smallest absolute Gasteiger partial charge is 0.200 e. The number of hydrogen-bond acceptors (Lipinski definition) is 3. The second kappa shape index (κ2) is 9.53. The van der Waals surface area contributed by atoms with E-state index in [-0.39, 0.29) is 12.4 Å². The van der Waals surface area contributed by atoms with E-state index >= 15 is 0 Å². The first-order valence-electron chi connectivity index (χ1n) is 9.55. The zero-order valence-corrected chi connectivity index (χ0v) is 16.0. The fraction of sp³-hybridized carbons (Fsp3) is 0.200. The molecule has 0 aliphatic carbocycles. The molecular weight excluding hydrogens is 346 g/mol. The number of nitriles is 1. The number of carbonyl (C=O) groups excluding carboxylic acids is 1. The molecule has 0 saturated carbocycles. The second-order valence-electron chi connectivity index (χ2n) is 6.73. The van der Waals surface area contributed by atoms with Crippen molar-refractivity contribution in [2.24, 2.45) is 0 Å². The third kappa shape index (κ3) is 5.08. The van der Waals surface area contributed by atoms with Crippen LogP contribution in [-0.4, -0.2) is 12.4 Å². The van der Waals surface area contributed by atoms with Crippen molar-refractivity contribution >= 4 is 5.78 Å². The highest BCUT2D eigenvalue weighted by molar-refractivity contribution is 5.97. The average molecular weight is 369 g/mol. The normalized spacial score (nSPS) is 10.3. The van der Waals surface area contributed by atoms with Crippen molar-refractivity contribution in [2.45, 2.75) is 26.2 Å². The molecule has 3 aromatic carbocycles. The number of rotatable bonds is 8. The fourth-order valence-electron chi connectivity index (χ4n) is 2.95. The molecule has 0 fully saturated rings. The van der Waals surface area contributed by atoms with Crippen molar-refractivity contribution in [3.05, 3.63) is 89.5 Å². The summed E-state index contributed by atoms with van der Waals surface area (Å²) < 4.78 is 5.65. The first-order valence-corrected chi connectivity index (χ1v) is 9.55. The molecule has 0 aliphatic heterocycles. The molecule has 0 radical (unpaired) electrons. The van der Waals surface area contributed by atoms with E-state index in [1.165, 1.54) is 12.0 Å². The van der Waals surface area contributed by atoms with Crippen LogP contribution in [0.3, 0.4) is 0 Å². The van der Waals surface area contributed by atoms with Crippen LogP contribution in [-0.2, 0) is 6.42 Å². The third-order valence-electron chi connectivity index (χ3n) is 4.67. The molecule has 0 amide bonds. The lowest BCUT2D eigenvalue weighted by atomic mass is 10.0. The Hall–Kier alpha value is -3.38. The van der Waals surface area contributed by atoms with Crippen LogP contribution in [0.25, 0.3) is 11.1 Å². The molecule has 3 aromatic rings. The molecule has 0 heterocycles. The highest BCUT2D eigenvalue weighted by atomic mass is 16.5. The Kier molecular flexibility index (Phi) is 6.59. The van der Waals surface area contributed by atoms with Gasteiger partial charge in [-0.15, -0.1) is 0 Å². The summed E-state index contributed by atoms with van der Waals surface area (Å²) in [5.41, 5.74) is 4.64. The minimum atomic E-state index is -0.0294. The summed E-state index contributed by atoms with van der Waals surface area (Å²) in [6, 6.07) is 25.0. The maximum atomic E-state index is 12.3. The van der Waals surface area contributed by atoms with Gasteiger partial charge in [0.25, 0.3) is 0 Å². The zero-order valence-electron chi connectivity index (χ0n) is 16.0. The highest BCUT2D eigenvalue weighted by Gasteiger charge is 2.07. The van der Waals surface area contributed by atoms with Crippen LogP contribution in [0.2, 0.25) is 0 Å². The van der Waals surface area contributed by atoms with Crippen LogP contribution in [0.15, 0.2) is 72.8 Å². The largest absolute Gasteiger partial charge is 0.485 e. The number of nitrogens with zero attached hydrogens (tertiary/aromatic N) is 1. The minimum Gasteiger partial charge on any atom is -0.485 e. The molecule has 28 heavy (non-hydrogen) atoms. The number of ketones is 1. The molecule has 0 unspecified atom stereocenters. The summed E-state index contributed by atoms with van der Waals surface area (Å²) in [5.74, 6) is 0.628. The minimum absolute atomic E-state index is 0.0184. The van der Waals surface area contributed by atoms with Gasteiger partial charge in [-0.05, 0) is 53.8 Å². The van der Waals surface area contributed by atoms with E-state index in [1.54, 1.807) is 12.1 Å². The number of ether oxygens (including phenoxy) is 1. The Morgan fingerprint density at radius 3 is 2.07 bits per heavy atom. The molecule has 0 aromatic heterocycles. The molecule has 3 nitrogen and oxygen atoms in total. The molecule has 0 aliphatic rings. The molecule has 0 spiro atoms. The predicted molar refractivity (Wildman–Crippen MR) is 111 cm³/mol. The monoisotopic (exact) mass is 369 g/mol. The molecule has 140 valence electrons. The van der Waals surface area contributed by atoms with Gasteiger partial charge in [0, 0.05) is 5.56 Å². The van der Waals surface area contributed by atoms with Crippen molar-refractivity contribution < 1.29 is 9.53 Å². The predicted octanol–water partition coefficient (Wildman–Crippen LogP) is 5.83. The second-order valence-corrected chi connectivity index (χ2v) is 6.73. The van der Waals surface area contributed by atoms with Gasteiger partial charge in [0.2, 0.25) is 0 Å². The summed E-state index contributed by atoms with van der Waals surface area (Å²) >= 11 is 0. The van der Waals surface area contributed by atoms with Gasteiger partial charge < -0.3 is 4.74 Å². The fourth-order valence-corrected chi connectivity index (χ4v) is 2.95. The van der Waals surface area contributed by atoms with Gasteiger partial charge in [0.05, 0.1) is 11.6 Å². The SMILES string of the molecule is CCCCc1ccc(C(=O)COc2ccc(-c3ccc(C#N)cc3)cc2)cc1. The lowest BCUT2D eigenvalue weighted by Crippen LogP contribution is -2.11. The van der Waals surface area contributed by atoms with Crippen molar-refractivity contribution in [3.8, 4) is 22.9 Å². The molecule has 3 heteroatoms.